The van der Waals surface area contributed by atoms with Crippen LogP contribution in [0.4, 0.5) is 0 Å². The van der Waals surface area contributed by atoms with E-state index in [-0.39, 0.29) is 0 Å². The molecule has 0 saturated carbocycles. The van der Waals surface area contributed by atoms with Gasteiger partial charge in [0.05, 0.1) is 11.7 Å². The predicted molar refractivity (Wildman–Crippen MR) is 83.8 cm³/mol. The molecule has 1 aromatic heterocycles. The normalized spacial score (nSPS) is 25.1. The standard InChI is InChI=1S/C16H30N4/c1-5-16(6-2)20-10-8-15(18-20)12-19-11-13(3)17-9-7-14(19)4/h8,10,13-14,16-17H,5-7,9,11-12H2,1-4H3. The topological polar surface area (TPSA) is 33.1 Å². The van der Waals surface area contributed by atoms with Gasteiger partial charge in [0.1, 0.15) is 0 Å². The molecule has 0 spiro atoms. The summed E-state index contributed by atoms with van der Waals surface area (Å²) in [5, 5.41) is 8.36. The Hall–Kier alpha value is -0.870. The van der Waals surface area contributed by atoms with Crippen LogP contribution in [0.3, 0.4) is 0 Å². The Balaban J connectivity index is 2.01. The van der Waals surface area contributed by atoms with E-state index in [0.29, 0.717) is 18.1 Å². The Labute approximate surface area is 123 Å². The Morgan fingerprint density at radius 2 is 2.10 bits per heavy atom. The summed E-state index contributed by atoms with van der Waals surface area (Å²) in [6.07, 6.45) is 5.67. The molecule has 114 valence electrons. The van der Waals surface area contributed by atoms with Gasteiger partial charge in [0.25, 0.3) is 0 Å². The summed E-state index contributed by atoms with van der Waals surface area (Å²) in [7, 11) is 0. The van der Waals surface area contributed by atoms with Crippen molar-refractivity contribution in [1.29, 1.82) is 0 Å². The lowest BCUT2D eigenvalue weighted by molar-refractivity contribution is 0.195. The largest absolute Gasteiger partial charge is 0.313 e. The minimum Gasteiger partial charge on any atom is -0.313 e. The molecule has 2 atom stereocenters. The van der Waals surface area contributed by atoms with Gasteiger partial charge in [0.15, 0.2) is 0 Å². The molecule has 1 N–H and O–H groups in total. The Morgan fingerprint density at radius 3 is 2.80 bits per heavy atom. The van der Waals surface area contributed by atoms with E-state index >= 15 is 0 Å². The van der Waals surface area contributed by atoms with Gasteiger partial charge < -0.3 is 5.32 Å². The molecular formula is C16H30N4. The number of rotatable bonds is 5. The first-order valence-electron chi connectivity index (χ1n) is 8.15. The molecule has 0 bridgehead atoms. The van der Waals surface area contributed by atoms with Crippen molar-refractivity contribution in [2.75, 3.05) is 13.1 Å². The van der Waals surface area contributed by atoms with E-state index in [9.17, 15) is 0 Å². The molecule has 0 radical (unpaired) electrons. The second kappa shape index (κ2) is 7.23. The van der Waals surface area contributed by atoms with E-state index in [1.165, 1.54) is 12.1 Å². The predicted octanol–water partition coefficient (Wildman–Crippen LogP) is 2.82. The highest BCUT2D eigenvalue weighted by atomic mass is 15.3. The number of aromatic nitrogens is 2. The van der Waals surface area contributed by atoms with Crippen molar-refractivity contribution >= 4 is 0 Å². The Kier molecular flexibility index (Phi) is 5.61. The quantitative estimate of drug-likeness (QED) is 0.899. The second-order valence-corrected chi connectivity index (χ2v) is 6.18. The van der Waals surface area contributed by atoms with Crippen molar-refractivity contribution in [2.24, 2.45) is 0 Å². The average Bonchev–Trinajstić information content (AvgIpc) is 2.81. The minimum atomic E-state index is 0.547. The van der Waals surface area contributed by atoms with E-state index in [1.54, 1.807) is 0 Å². The fourth-order valence-electron chi connectivity index (χ4n) is 3.07. The molecule has 0 aromatic carbocycles. The van der Waals surface area contributed by atoms with Gasteiger partial charge in [-0.15, -0.1) is 0 Å². The zero-order valence-corrected chi connectivity index (χ0v) is 13.5. The van der Waals surface area contributed by atoms with Crippen molar-refractivity contribution in [3.63, 3.8) is 0 Å². The van der Waals surface area contributed by atoms with Gasteiger partial charge in [-0.2, -0.15) is 5.10 Å². The van der Waals surface area contributed by atoms with Crippen LogP contribution >= 0.6 is 0 Å². The summed E-state index contributed by atoms with van der Waals surface area (Å²) in [5.41, 5.74) is 1.21. The third-order valence-corrected chi connectivity index (χ3v) is 4.53. The van der Waals surface area contributed by atoms with Crippen LogP contribution in [0.15, 0.2) is 12.3 Å². The molecule has 2 unspecified atom stereocenters. The number of hydrogen-bond donors (Lipinski definition) is 1. The van der Waals surface area contributed by atoms with Gasteiger partial charge in [-0.3, -0.25) is 9.58 Å². The van der Waals surface area contributed by atoms with Crippen molar-refractivity contribution in [3.05, 3.63) is 18.0 Å². The number of hydrogen-bond acceptors (Lipinski definition) is 3. The molecule has 2 rings (SSSR count). The van der Waals surface area contributed by atoms with Crippen LogP contribution in [0.25, 0.3) is 0 Å². The summed E-state index contributed by atoms with van der Waals surface area (Å²) in [4.78, 5) is 2.56. The fourth-order valence-corrected chi connectivity index (χ4v) is 3.07. The van der Waals surface area contributed by atoms with Crippen LogP contribution in [0.5, 0.6) is 0 Å². The lowest BCUT2D eigenvalue weighted by Gasteiger charge is -2.27. The SMILES string of the molecule is CCC(CC)n1ccc(CN2CC(C)NCCC2C)n1. The summed E-state index contributed by atoms with van der Waals surface area (Å²) in [6.45, 7) is 12.3. The maximum absolute atomic E-state index is 4.79. The van der Waals surface area contributed by atoms with Crippen LogP contribution in [-0.2, 0) is 6.54 Å². The van der Waals surface area contributed by atoms with E-state index in [0.717, 1.165) is 32.5 Å². The Morgan fingerprint density at radius 1 is 1.35 bits per heavy atom. The molecule has 2 heterocycles. The van der Waals surface area contributed by atoms with E-state index in [2.05, 4.69) is 54.9 Å². The van der Waals surface area contributed by atoms with Crippen LogP contribution in [0, 0.1) is 0 Å². The molecule has 0 aliphatic carbocycles. The third-order valence-electron chi connectivity index (χ3n) is 4.53. The fraction of sp³-hybridized carbons (Fsp3) is 0.812. The first-order valence-corrected chi connectivity index (χ1v) is 8.15. The second-order valence-electron chi connectivity index (χ2n) is 6.18. The van der Waals surface area contributed by atoms with Crippen LogP contribution in [0.1, 0.15) is 58.7 Å². The summed E-state index contributed by atoms with van der Waals surface area (Å²) < 4.78 is 2.15. The molecule has 20 heavy (non-hydrogen) atoms. The third kappa shape index (κ3) is 3.83. The highest BCUT2D eigenvalue weighted by Gasteiger charge is 2.21. The van der Waals surface area contributed by atoms with E-state index < -0.39 is 0 Å². The monoisotopic (exact) mass is 278 g/mol. The molecule has 1 aliphatic rings. The maximum atomic E-state index is 4.79. The average molecular weight is 278 g/mol. The molecule has 1 aliphatic heterocycles. The van der Waals surface area contributed by atoms with Gasteiger partial charge >= 0.3 is 0 Å². The van der Waals surface area contributed by atoms with Crippen molar-refractivity contribution in [2.45, 2.75) is 71.6 Å². The summed E-state index contributed by atoms with van der Waals surface area (Å²) in [6, 6.07) is 3.94. The van der Waals surface area contributed by atoms with Crippen molar-refractivity contribution < 1.29 is 0 Å². The molecule has 1 fully saturated rings. The minimum absolute atomic E-state index is 0.547. The number of nitrogens with zero attached hydrogens (tertiary/aromatic N) is 3. The number of nitrogens with one attached hydrogen (secondary N) is 1. The molecule has 4 nitrogen and oxygen atoms in total. The molecular weight excluding hydrogens is 248 g/mol. The lowest BCUT2D eigenvalue weighted by atomic mass is 10.2. The summed E-state index contributed by atoms with van der Waals surface area (Å²) >= 11 is 0. The van der Waals surface area contributed by atoms with Crippen molar-refractivity contribution in [3.8, 4) is 0 Å². The van der Waals surface area contributed by atoms with Crippen LogP contribution in [-0.4, -0.2) is 39.9 Å². The highest BCUT2D eigenvalue weighted by molar-refractivity contribution is 5.00. The lowest BCUT2D eigenvalue weighted by Crippen LogP contribution is -2.38. The zero-order chi connectivity index (χ0) is 14.5. The summed E-state index contributed by atoms with van der Waals surface area (Å²) in [5.74, 6) is 0. The molecule has 1 saturated heterocycles. The van der Waals surface area contributed by atoms with E-state index in [1.807, 2.05) is 0 Å². The molecule has 1 aromatic rings. The van der Waals surface area contributed by atoms with Crippen LogP contribution < -0.4 is 5.32 Å². The first kappa shape index (κ1) is 15.5. The smallest absolute Gasteiger partial charge is 0.0765 e. The van der Waals surface area contributed by atoms with Gasteiger partial charge in [-0.1, -0.05) is 13.8 Å². The van der Waals surface area contributed by atoms with Gasteiger partial charge in [-0.05, 0) is 45.7 Å². The Bertz CT molecular complexity index is 397. The molecule has 4 heteroatoms. The van der Waals surface area contributed by atoms with Crippen LogP contribution in [0.2, 0.25) is 0 Å². The maximum Gasteiger partial charge on any atom is 0.0765 e. The zero-order valence-electron chi connectivity index (χ0n) is 13.5. The highest BCUT2D eigenvalue weighted by Crippen LogP contribution is 2.17. The van der Waals surface area contributed by atoms with Crippen molar-refractivity contribution in [1.82, 2.24) is 20.0 Å². The van der Waals surface area contributed by atoms with E-state index in [4.69, 9.17) is 5.10 Å². The van der Waals surface area contributed by atoms with Gasteiger partial charge in [-0.25, -0.2) is 0 Å². The van der Waals surface area contributed by atoms with Gasteiger partial charge in [0.2, 0.25) is 0 Å². The molecule has 0 amide bonds. The first-order chi connectivity index (χ1) is 9.63. The van der Waals surface area contributed by atoms with Gasteiger partial charge in [0, 0.05) is 31.4 Å².